The number of halogens is 1. The maximum Gasteiger partial charge on any atom is 0.137 e. The van der Waals surface area contributed by atoms with Crippen molar-refractivity contribution in [3.63, 3.8) is 0 Å². The van der Waals surface area contributed by atoms with E-state index >= 15 is 0 Å². The van der Waals surface area contributed by atoms with Crippen LogP contribution in [-0.2, 0) is 0 Å². The standard InChI is InChI=1S/C10H10INO/c1-6-4-9(13-3)8(5-12)7(2)10(6)11/h4H,1-3H3. The van der Waals surface area contributed by atoms with Gasteiger partial charge in [0, 0.05) is 3.57 Å². The summed E-state index contributed by atoms with van der Waals surface area (Å²) >= 11 is 2.24. The molecule has 0 N–H and O–H groups in total. The Hall–Kier alpha value is -0.760. The van der Waals surface area contributed by atoms with Gasteiger partial charge in [-0.05, 0) is 53.6 Å². The minimum atomic E-state index is 0.637. The predicted octanol–water partition coefficient (Wildman–Crippen LogP) is 2.79. The second kappa shape index (κ2) is 3.97. The molecule has 0 aliphatic heterocycles. The molecule has 0 aliphatic carbocycles. The summed E-state index contributed by atoms with van der Waals surface area (Å²) in [7, 11) is 1.59. The summed E-state index contributed by atoms with van der Waals surface area (Å²) in [6.07, 6.45) is 0. The third-order valence-electron chi connectivity index (χ3n) is 1.98. The highest BCUT2D eigenvalue weighted by Gasteiger charge is 2.10. The van der Waals surface area contributed by atoms with Crippen LogP contribution < -0.4 is 4.74 Å². The van der Waals surface area contributed by atoms with Crippen LogP contribution in [0.5, 0.6) is 5.75 Å². The van der Waals surface area contributed by atoms with Gasteiger partial charge in [0.2, 0.25) is 0 Å². The van der Waals surface area contributed by atoms with Gasteiger partial charge in [-0.2, -0.15) is 5.26 Å². The van der Waals surface area contributed by atoms with Gasteiger partial charge in [-0.15, -0.1) is 0 Å². The number of hydrogen-bond donors (Lipinski definition) is 0. The molecule has 0 radical (unpaired) electrons. The van der Waals surface area contributed by atoms with Crippen LogP contribution in [0.4, 0.5) is 0 Å². The molecule has 0 aliphatic rings. The van der Waals surface area contributed by atoms with Gasteiger partial charge in [0.15, 0.2) is 0 Å². The van der Waals surface area contributed by atoms with Crippen LogP contribution >= 0.6 is 22.6 Å². The first-order valence-corrected chi connectivity index (χ1v) is 4.93. The average molecular weight is 287 g/mol. The van der Waals surface area contributed by atoms with Crippen molar-refractivity contribution >= 4 is 22.6 Å². The van der Waals surface area contributed by atoms with Crippen molar-refractivity contribution < 1.29 is 4.74 Å². The third-order valence-corrected chi connectivity index (χ3v) is 3.64. The lowest BCUT2D eigenvalue weighted by Crippen LogP contribution is -1.96. The molecule has 1 aromatic carbocycles. The molecule has 0 spiro atoms. The molecule has 68 valence electrons. The van der Waals surface area contributed by atoms with Gasteiger partial charge >= 0.3 is 0 Å². The van der Waals surface area contributed by atoms with E-state index in [-0.39, 0.29) is 0 Å². The fourth-order valence-electron chi connectivity index (χ4n) is 1.22. The van der Waals surface area contributed by atoms with Gasteiger partial charge in [-0.25, -0.2) is 0 Å². The lowest BCUT2D eigenvalue weighted by atomic mass is 10.1. The van der Waals surface area contributed by atoms with E-state index in [1.165, 1.54) is 0 Å². The summed E-state index contributed by atoms with van der Waals surface area (Å²) in [5, 5.41) is 8.91. The predicted molar refractivity (Wildman–Crippen MR) is 59.9 cm³/mol. The summed E-state index contributed by atoms with van der Waals surface area (Å²) in [4.78, 5) is 0. The highest BCUT2D eigenvalue weighted by Crippen LogP contribution is 2.28. The normalized spacial score (nSPS) is 9.46. The quantitative estimate of drug-likeness (QED) is 0.744. The number of methoxy groups -OCH3 is 1. The number of benzene rings is 1. The Morgan fingerprint density at radius 2 is 2.08 bits per heavy atom. The topological polar surface area (TPSA) is 33.0 Å². The fourth-order valence-corrected chi connectivity index (χ4v) is 1.65. The van der Waals surface area contributed by atoms with E-state index in [9.17, 15) is 0 Å². The Kier molecular flexibility index (Phi) is 3.15. The van der Waals surface area contributed by atoms with Crippen molar-refractivity contribution in [1.82, 2.24) is 0 Å². The van der Waals surface area contributed by atoms with E-state index < -0.39 is 0 Å². The molecular weight excluding hydrogens is 277 g/mol. The van der Waals surface area contributed by atoms with Gasteiger partial charge in [-0.3, -0.25) is 0 Å². The van der Waals surface area contributed by atoms with Crippen LogP contribution in [0.15, 0.2) is 6.07 Å². The number of aryl methyl sites for hydroxylation is 1. The summed E-state index contributed by atoms with van der Waals surface area (Å²) in [5.74, 6) is 0.665. The zero-order valence-corrected chi connectivity index (χ0v) is 9.97. The van der Waals surface area contributed by atoms with Gasteiger partial charge in [0.05, 0.1) is 12.7 Å². The number of nitriles is 1. The Bertz CT molecular complexity index is 379. The van der Waals surface area contributed by atoms with Crippen LogP contribution in [0.2, 0.25) is 0 Å². The summed E-state index contributed by atoms with van der Waals surface area (Å²) in [6, 6.07) is 4.05. The molecular formula is C10H10INO. The maximum atomic E-state index is 8.91. The molecule has 0 aromatic heterocycles. The summed E-state index contributed by atoms with van der Waals surface area (Å²) < 4.78 is 6.26. The Balaban J connectivity index is 3.50. The lowest BCUT2D eigenvalue weighted by Gasteiger charge is -2.09. The number of rotatable bonds is 1. The van der Waals surface area contributed by atoms with E-state index in [0.717, 1.165) is 14.7 Å². The smallest absolute Gasteiger partial charge is 0.137 e. The highest BCUT2D eigenvalue weighted by molar-refractivity contribution is 14.1. The molecule has 1 aromatic rings. The van der Waals surface area contributed by atoms with Crippen molar-refractivity contribution in [2.75, 3.05) is 7.11 Å². The summed E-state index contributed by atoms with van der Waals surface area (Å²) in [6.45, 7) is 3.95. The van der Waals surface area contributed by atoms with E-state index in [1.807, 2.05) is 19.9 Å². The molecule has 1 rings (SSSR count). The third kappa shape index (κ3) is 1.78. The fraction of sp³-hybridized carbons (Fsp3) is 0.300. The van der Waals surface area contributed by atoms with Crippen LogP contribution in [0.1, 0.15) is 16.7 Å². The van der Waals surface area contributed by atoms with E-state index in [1.54, 1.807) is 7.11 Å². The molecule has 0 saturated carbocycles. The van der Waals surface area contributed by atoms with Crippen LogP contribution in [0.25, 0.3) is 0 Å². The van der Waals surface area contributed by atoms with E-state index in [4.69, 9.17) is 10.00 Å². The minimum Gasteiger partial charge on any atom is -0.495 e. The molecule has 0 atom stereocenters. The van der Waals surface area contributed by atoms with Crippen molar-refractivity contribution in [3.8, 4) is 11.8 Å². The van der Waals surface area contributed by atoms with Crippen molar-refractivity contribution in [2.24, 2.45) is 0 Å². The van der Waals surface area contributed by atoms with Gasteiger partial charge in [0.1, 0.15) is 11.8 Å². The van der Waals surface area contributed by atoms with Gasteiger partial charge < -0.3 is 4.74 Å². The molecule has 0 heterocycles. The largest absolute Gasteiger partial charge is 0.495 e. The highest BCUT2D eigenvalue weighted by atomic mass is 127. The molecule has 0 fully saturated rings. The van der Waals surface area contributed by atoms with Gasteiger partial charge in [-0.1, -0.05) is 0 Å². The molecule has 13 heavy (non-hydrogen) atoms. The minimum absolute atomic E-state index is 0.637. The molecule has 0 unspecified atom stereocenters. The second-order valence-corrected chi connectivity index (χ2v) is 3.90. The lowest BCUT2D eigenvalue weighted by molar-refractivity contribution is 0.412. The first kappa shape index (κ1) is 10.3. The van der Waals surface area contributed by atoms with Crippen molar-refractivity contribution in [3.05, 3.63) is 26.3 Å². The maximum absolute atomic E-state index is 8.91. The van der Waals surface area contributed by atoms with Crippen LogP contribution in [-0.4, -0.2) is 7.11 Å². The Morgan fingerprint density at radius 3 is 2.54 bits per heavy atom. The molecule has 3 heteroatoms. The molecule has 0 amide bonds. The van der Waals surface area contributed by atoms with E-state index in [2.05, 4.69) is 28.7 Å². The first-order chi connectivity index (χ1) is 6.11. The molecule has 0 saturated heterocycles. The number of hydrogen-bond acceptors (Lipinski definition) is 2. The Labute approximate surface area is 91.7 Å². The Morgan fingerprint density at radius 1 is 1.46 bits per heavy atom. The monoisotopic (exact) mass is 287 g/mol. The SMILES string of the molecule is COc1cc(C)c(I)c(C)c1C#N. The number of nitrogens with zero attached hydrogens (tertiary/aromatic N) is 1. The second-order valence-electron chi connectivity index (χ2n) is 2.82. The van der Waals surface area contributed by atoms with Crippen LogP contribution in [0.3, 0.4) is 0 Å². The first-order valence-electron chi connectivity index (χ1n) is 3.85. The van der Waals surface area contributed by atoms with Gasteiger partial charge in [0.25, 0.3) is 0 Å². The average Bonchev–Trinajstić information content (AvgIpc) is 2.13. The zero-order valence-electron chi connectivity index (χ0n) is 7.81. The molecule has 0 bridgehead atoms. The molecule has 2 nitrogen and oxygen atoms in total. The van der Waals surface area contributed by atoms with Crippen molar-refractivity contribution in [1.29, 1.82) is 5.26 Å². The summed E-state index contributed by atoms with van der Waals surface area (Å²) in [5.41, 5.74) is 2.78. The zero-order chi connectivity index (χ0) is 10.0. The van der Waals surface area contributed by atoms with Crippen LogP contribution in [0, 0.1) is 28.7 Å². The van der Waals surface area contributed by atoms with E-state index in [0.29, 0.717) is 11.3 Å². The van der Waals surface area contributed by atoms with Crippen molar-refractivity contribution in [2.45, 2.75) is 13.8 Å². The number of ether oxygens (including phenoxy) is 1.